The van der Waals surface area contributed by atoms with Crippen LogP contribution in [0, 0.1) is 19.7 Å². The van der Waals surface area contributed by atoms with Crippen LogP contribution in [0.2, 0.25) is 0 Å². The zero-order valence-electron chi connectivity index (χ0n) is 11.6. The molecular formula is C17H19FO. The van der Waals surface area contributed by atoms with E-state index in [9.17, 15) is 9.50 Å². The van der Waals surface area contributed by atoms with Gasteiger partial charge in [-0.15, -0.1) is 0 Å². The van der Waals surface area contributed by atoms with Gasteiger partial charge in [-0.3, -0.25) is 0 Å². The van der Waals surface area contributed by atoms with Gasteiger partial charge in [0.1, 0.15) is 5.82 Å². The van der Waals surface area contributed by atoms with Gasteiger partial charge in [0.15, 0.2) is 0 Å². The van der Waals surface area contributed by atoms with Crippen molar-refractivity contribution >= 4 is 0 Å². The molecule has 1 nitrogen and oxygen atoms in total. The van der Waals surface area contributed by atoms with Crippen LogP contribution >= 0.6 is 0 Å². The molecule has 0 aromatic heterocycles. The Morgan fingerprint density at radius 2 is 1.63 bits per heavy atom. The predicted molar refractivity (Wildman–Crippen MR) is 75.6 cm³/mol. The lowest BCUT2D eigenvalue weighted by molar-refractivity contribution is 0.0575. The van der Waals surface area contributed by atoms with Gasteiger partial charge >= 0.3 is 0 Å². The molecule has 2 aromatic carbocycles. The summed E-state index contributed by atoms with van der Waals surface area (Å²) in [6.45, 7) is 5.88. The second-order valence-corrected chi connectivity index (χ2v) is 5.38. The molecule has 0 saturated heterocycles. The molecule has 0 spiro atoms. The van der Waals surface area contributed by atoms with Gasteiger partial charge in [0.25, 0.3) is 0 Å². The summed E-state index contributed by atoms with van der Waals surface area (Å²) in [5, 5.41) is 10.6. The van der Waals surface area contributed by atoms with Crippen molar-refractivity contribution in [3.05, 3.63) is 70.5 Å². The first-order valence-corrected chi connectivity index (χ1v) is 6.43. The zero-order chi connectivity index (χ0) is 14.0. The lowest BCUT2D eigenvalue weighted by atomic mass is 9.87. The van der Waals surface area contributed by atoms with Crippen LogP contribution in [0.4, 0.5) is 4.39 Å². The third-order valence-electron chi connectivity index (χ3n) is 3.59. The molecule has 2 rings (SSSR count). The number of hydrogen-bond acceptors (Lipinski definition) is 1. The van der Waals surface area contributed by atoms with Crippen LogP contribution in [0.15, 0.2) is 42.5 Å². The first-order valence-electron chi connectivity index (χ1n) is 6.43. The minimum absolute atomic E-state index is 0.255. The molecule has 0 fully saturated rings. The lowest BCUT2D eigenvalue weighted by Gasteiger charge is -2.25. The van der Waals surface area contributed by atoms with Crippen molar-refractivity contribution in [2.45, 2.75) is 32.8 Å². The van der Waals surface area contributed by atoms with Gasteiger partial charge in [0.05, 0.1) is 5.60 Å². The molecule has 100 valence electrons. The number of aliphatic hydroxyl groups is 1. The molecule has 0 aliphatic heterocycles. The van der Waals surface area contributed by atoms with Gasteiger partial charge in [-0.05, 0) is 55.2 Å². The molecule has 2 heteroatoms. The quantitative estimate of drug-likeness (QED) is 0.885. The van der Waals surface area contributed by atoms with Crippen LogP contribution in [0.25, 0.3) is 0 Å². The fourth-order valence-electron chi connectivity index (χ4n) is 2.18. The summed E-state index contributed by atoms with van der Waals surface area (Å²) >= 11 is 0. The topological polar surface area (TPSA) is 20.2 Å². The van der Waals surface area contributed by atoms with E-state index in [2.05, 4.69) is 0 Å². The van der Waals surface area contributed by atoms with Gasteiger partial charge < -0.3 is 5.11 Å². The second-order valence-electron chi connectivity index (χ2n) is 5.38. The molecule has 0 aliphatic carbocycles. The van der Waals surface area contributed by atoms with E-state index in [-0.39, 0.29) is 5.82 Å². The van der Waals surface area contributed by atoms with Crippen LogP contribution in [-0.2, 0) is 12.0 Å². The van der Waals surface area contributed by atoms with Crippen molar-refractivity contribution in [1.29, 1.82) is 0 Å². The third-order valence-corrected chi connectivity index (χ3v) is 3.59. The SMILES string of the molecule is Cc1ccc(C(C)(O)Cc2ccc(F)cc2)cc1C. The molecule has 0 bridgehead atoms. The number of halogens is 1. The summed E-state index contributed by atoms with van der Waals surface area (Å²) in [6.07, 6.45) is 0.468. The molecular weight excluding hydrogens is 239 g/mol. The third kappa shape index (κ3) is 3.21. The van der Waals surface area contributed by atoms with Gasteiger partial charge in [0.2, 0.25) is 0 Å². The van der Waals surface area contributed by atoms with E-state index in [0.717, 1.165) is 16.7 Å². The molecule has 1 N–H and O–H groups in total. The normalized spacial score (nSPS) is 14.2. The van der Waals surface area contributed by atoms with Crippen LogP contribution in [-0.4, -0.2) is 5.11 Å². The summed E-state index contributed by atoms with van der Waals surface area (Å²) in [5.41, 5.74) is 3.23. The summed E-state index contributed by atoms with van der Waals surface area (Å²) in [4.78, 5) is 0. The predicted octanol–water partition coefficient (Wildman–Crippen LogP) is 3.89. The Balaban J connectivity index is 2.26. The maximum atomic E-state index is 12.9. The molecule has 0 heterocycles. The Hall–Kier alpha value is -1.67. The van der Waals surface area contributed by atoms with Crippen LogP contribution in [0.5, 0.6) is 0 Å². The largest absolute Gasteiger partial charge is 0.385 e. The Bertz CT molecular complexity index is 570. The van der Waals surface area contributed by atoms with Crippen molar-refractivity contribution < 1.29 is 9.50 Å². The molecule has 1 unspecified atom stereocenters. The smallest absolute Gasteiger partial charge is 0.123 e. The first kappa shape index (κ1) is 13.8. The summed E-state index contributed by atoms with van der Waals surface area (Å²) in [7, 11) is 0. The molecule has 0 amide bonds. The standard InChI is InChI=1S/C17H19FO/c1-12-4-7-15(10-13(12)2)17(3,19)11-14-5-8-16(18)9-6-14/h4-10,19H,11H2,1-3H3. The molecule has 0 aliphatic rings. The summed E-state index contributed by atoms with van der Waals surface area (Å²) in [6, 6.07) is 12.3. The van der Waals surface area contributed by atoms with Crippen molar-refractivity contribution in [2.24, 2.45) is 0 Å². The Morgan fingerprint density at radius 1 is 1.00 bits per heavy atom. The summed E-state index contributed by atoms with van der Waals surface area (Å²) in [5.74, 6) is -0.255. The molecule has 1 atom stereocenters. The average molecular weight is 258 g/mol. The van der Waals surface area contributed by atoms with Crippen molar-refractivity contribution in [2.75, 3.05) is 0 Å². The second kappa shape index (κ2) is 5.14. The first-order chi connectivity index (χ1) is 8.88. The Labute approximate surface area is 113 Å². The van der Waals surface area contributed by atoms with E-state index < -0.39 is 5.60 Å². The molecule has 2 aromatic rings. The Morgan fingerprint density at radius 3 is 2.21 bits per heavy atom. The average Bonchev–Trinajstić information content (AvgIpc) is 2.35. The van der Waals surface area contributed by atoms with Gasteiger partial charge in [-0.2, -0.15) is 0 Å². The van der Waals surface area contributed by atoms with Gasteiger partial charge in [-0.25, -0.2) is 4.39 Å². The Kier molecular flexibility index (Phi) is 3.72. The molecule has 19 heavy (non-hydrogen) atoms. The summed E-state index contributed by atoms with van der Waals surface area (Å²) < 4.78 is 12.9. The van der Waals surface area contributed by atoms with Crippen LogP contribution in [0.1, 0.15) is 29.2 Å². The van der Waals surface area contributed by atoms with Gasteiger partial charge in [-0.1, -0.05) is 30.3 Å². The van der Waals surface area contributed by atoms with E-state index in [1.807, 2.05) is 32.0 Å². The molecule has 0 radical (unpaired) electrons. The maximum Gasteiger partial charge on any atom is 0.123 e. The van der Waals surface area contributed by atoms with Crippen molar-refractivity contribution in [3.8, 4) is 0 Å². The van der Waals surface area contributed by atoms with Crippen LogP contribution in [0.3, 0.4) is 0 Å². The highest BCUT2D eigenvalue weighted by molar-refractivity contribution is 5.34. The number of hydrogen-bond donors (Lipinski definition) is 1. The van der Waals surface area contributed by atoms with Crippen molar-refractivity contribution in [1.82, 2.24) is 0 Å². The van der Waals surface area contributed by atoms with E-state index in [0.29, 0.717) is 6.42 Å². The van der Waals surface area contributed by atoms with Crippen LogP contribution < -0.4 is 0 Å². The number of benzene rings is 2. The highest BCUT2D eigenvalue weighted by atomic mass is 19.1. The maximum absolute atomic E-state index is 12.9. The van der Waals surface area contributed by atoms with E-state index in [1.165, 1.54) is 17.7 Å². The fourth-order valence-corrected chi connectivity index (χ4v) is 2.18. The highest BCUT2D eigenvalue weighted by Crippen LogP contribution is 2.27. The van der Waals surface area contributed by atoms with E-state index >= 15 is 0 Å². The molecule has 0 saturated carbocycles. The zero-order valence-corrected chi connectivity index (χ0v) is 11.6. The number of aryl methyl sites for hydroxylation is 2. The van der Waals surface area contributed by atoms with Crippen molar-refractivity contribution in [3.63, 3.8) is 0 Å². The fraction of sp³-hybridized carbons (Fsp3) is 0.294. The lowest BCUT2D eigenvalue weighted by Crippen LogP contribution is -2.24. The highest BCUT2D eigenvalue weighted by Gasteiger charge is 2.23. The minimum atomic E-state index is -0.948. The van der Waals surface area contributed by atoms with E-state index in [1.54, 1.807) is 19.1 Å². The monoisotopic (exact) mass is 258 g/mol. The minimum Gasteiger partial charge on any atom is -0.385 e. The van der Waals surface area contributed by atoms with E-state index in [4.69, 9.17) is 0 Å². The number of rotatable bonds is 3. The van der Waals surface area contributed by atoms with Gasteiger partial charge in [0, 0.05) is 6.42 Å².